The molecular formula is C15H17NO4. The molecule has 0 radical (unpaired) electrons. The predicted octanol–water partition coefficient (Wildman–Crippen LogP) is 2.56. The van der Waals surface area contributed by atoms with Crippen molar-refractivity contribution < 1.29 is 19.0 Å². The van der Waals surface area contributed by atoms with Gasteiger partial charge in [0.2, 0.25) is 0 Å². The lowest BCUT2D eigenvalue weighted by atomic mass is 10.1. The molecule has 1 rings (SSSR count). The van der Waals surface area contributed by atoms with Crippen LogP contribution < -0.4 is 9.47 Å². The van der Waals surface area contributed by atoms with E-state index in [1.807, 2.05) is 13.0 Å². The number of esters is 1. The van der Waals surface area contributed by atoms with Gasteiger partial charge >= 0.3 is 5.97 Å². The van der Waals surface area contributed by atoms with Crippen LogP contribution in [0.25, 0.3) is 6.08 Å². The highest BCUT2D eigenvalue weighted by Gasteiger charge is 2.11. The highest BCUT2D eigenvalue weighted by Crippen LogP contribution is 2.28. The van der Waals surface area contributed by atoms with Gasteiger partial charge in [-0.15, -0.1) is 0 Å². The van der Waals surface area contributed by atoms with Crippen LogP contribution in [0.3, 0.4) is 0 Å². The summed E-state index contributed by atoms with van der Waals surface area (Å²) in [4.78, 5) is 11.5. The van der Waals surface area contributed by atoms with Gasteiger partial charge in [0, 0.05) is 0 Å². The number of nitrogens with zero attached hydrogens (tertiary/aromatic N) is 1. The maximum Gasteiger partial charge on any atom is 0.348 e. The number of carbonyl (C=O) groups excluding carboxylic acids is 1. The summed E-state index contributed by atoms with van der Waals surface area (Å²) in [6, 6.07) is 6.99. The van der Waals surface area contributed by atoms with Crippen molar-refractivity contribution in [2.24, 2.45) is 0 Å². The number of carbonyl (C=O) groups is 1. The first-order valence-electron chi connectivity index (χ1n) is 6.26. The largest absolute Gasteiger partial charge is 0.493 e. The molecule has 0 fully saturated rings. The number of nitriles is 1. The van der Waals surface area contributed by atoms with Crippen LogP contribution in [0.15, 0.2) is 23.8 Å². The van der Waals surface area contributed by atoms with Gasteiger partial charge in [0.1, 0.15) is 11.6 Å². The van der Waals surface area contributed by atoms with E-state index >= 15 is 0 Å². The second-order valence-corrected chi connectivity index (χ2v) is 3.73. The van der Waals surface area contributed by atoms with Crippen LogP contribution in [0.4, 0.5) is 0 Å². The van der Waals surface area contributed by atoms with Gasteiger partial charge in [-0.25, -0.2) is 4.79 Å². The molecule has 0 unspecified atom stereocenters. The van der Waals surface area contributed by atoms with Crippen LogP contribution in [0.5, 0.6) is 11.5 Å². The molecule has 0 heterocycles. The molecule has 20 heavy (non-hydrogen) atoms. The molecule has 0 saturated carbocycles. The van der Waals surface area contributed by atoms with Crippen molar-refractivity contribution in [1.82, 2.24) is 0 Å². The smallest absolute Gasteiger partial charge is 0.348 e. The average Bonchev–Trinajstić information content (AvgIpc) is 2.46. The van der Waals surface area contributed by atoms with E-state index < -0.39 is 5.97 Å². The van der Waals surface area contributed by atoms with E-state index in [4.69, 9.17) is 19.5 Å². The second kappa shape index (κ2) is 7.85. The SMILES string of the molecule is CCOC(=O)/C(C#N)=C\c1ccc(OCC)c(OC)c1. The Morgan fingerprint density at radius 2 is 2.05 bits per heavy atom. The van der Waals surface area contributed by atoms with E-state index in [1.165, 1.54) is 13.2 Å². The summed E-state index contributed by atoms with van der Waals surface area (Å²) in [5.41, 5.74) is 0.605. The van der Waals surface area contributed by atoms with Crippen LogP contribution in [0.2, 0.25) is 0 Å². The Kier molecular flexibility index (Phi) is 6.11. The van der Waals surface area contributed by atoms with E-state index in [9.17, 15) is 4.79 Å². The van der Waals surface area contributed by atoms with Crippen LogP contribution in [-0.4, -0.2) is 26.3 Å². The minimum Gasteiger partial charge on any atom is -0.493 e. The lowest BCUT2D eigenvalue weighted by Crippen LogP contribution is -2.06. The normalized spacial score (nSPS) is 10.6. The van der Waals surface area contributed by atoms with Crippen molar-refractivity contribution in [2.45, 2.75) is 13.8 Å². The van der Waals surface area contributed by atoms with Gasteiger partial charge in [-0.05, 0) is 37.6 Å². The maximum absolute atomic E-state index is 11.5. The van der Waals surface area contributed by atoms with Crippen LogP contribution in [0.1, 0.15) is 19.4 Å². The van der Waals surface area contributed by atoms with Crippen LogP contribution >= 0.6 is 0 Å². The van der Waals surface area contributed by atoms with Crippen molar-refractivity contribution in [3.05, 3.63) is 29.3 Å². The molecule has 5 nitrogen and oxygen atoms in total. The summed E-state index contributed by atoms with van der Waals surface area (Å²) in [6.07, 6.45) is 1.45. The maximum atomic E-state index is 11.5. The molecule has 0 aliphatic rings. The van der Waals surface area contributed by atoms with E-state index in [-0.39, 0.29) is 12.2 Å². The molecule has 0 aliphatic heterocycles. The summed E-state index contributed by atoms with van der Waals surface area (Å²) in [7, 11) is 1.53. The molecule has 106 valence electrons. The van der Waals surface area contributed by atoms with Crippen LogP contribution in [0, 0.1) is 11.3 Å². The number of methoxy groups -OCH3 is 1. The molecule has 0 aliphatic carbocycles. The molecular weight excluding hydrogens is 258 g/mol. The van der Waals surface area contributed by atoms with E-state index in [0.717, 1.165) is 0 Å². The number of benzene rings is 1. The van der Waals surface area contributed by atoms with Crippen molar-refractivity contribution in [3.63, 3.8) is 0 Å². The van der Waals surface area contributed by atoms with Crippen molar-refractivity contribution in [2.75, 3.05) is 20.3 Å². The van der Waals surface area contributed by atoms with Gasteiger partial charge in [-0.1, -0.05) is 6.07 Å². The Labute approximate surface area is 118 Å². The quantitative estimate of drug-likeness (QED) is 0.453. The van der Waals surface area contributed by atoms with Gasteiger partial charge < -0.3 is 14.2 Å². The Bertz CT molecular complexity index is 543. The molecule has 0 spiro atoms. The minimum absolute atomic E-state index is 0.0573. The molecule has 0 bridgehead atoms. The minimum atomic E-state index is -0.636. The molecule has 1 aromatic rings. The zero-order valence-corrected chi connectivity index (χ0v) is 11.8. The zero-order valence-electron chi connectivity index (χ0n) is 11.8. The van der Waals surface area contributed by atoms with Crippen molar-refractivity contribution >= 4 is 12.0 Å². The van der Waals surface area contributed by atoms with E-state index in [0.29, 0.717) is 23.7 Å². The van der Waals surface area contributed by atoms with Gasteiger partial charge in [0.25, 0.3) is 0 Å². The fourth-order valence-electron chi connectivity index (χ4n) is 1.56. The Balaban J connectivity index is 3.08. The number of hydrogen-bond acceptors (Lipinski definition) is 5. The third kappa shape index (κ3) is 4.02. The lowest BCUT2D eigenvalue weighted by molar-refractivity contribution is -0.137. The standard InChI is InChI=1S/C15H17NO4/c1-4-19-13-7-6-11(9-14(13)18-3)8-12(10-16)15(17)20-5-2/h6-9H,4-5H2,1-3H3/b12-8-. The van der Waals surface area contributed by atoms with Gasteiger partial charge in [0.15, 0.2) is 11.5 Å². The molecule has 0 saturated heterocycles. The zero-order chi connectivity index (χ0) is 15.0. The number of hydrogen-bond donors (Lipinski definition) is 0. The van der Waals surface area contributed by atoms with Crippen LogP contribution in [-0.2, 0) is 9.53 Å². The average molecular weight is 275 g/mol. The Hall–Kier alpha value is -2.48. The predicted molar refractivity (Wildman–Crippen MR) is 74.4 cm³/mol. The number of rotatable bonds is 6. The lowest BCUT2D eigenvalue weighted by Gasteiger charge is -2.09. The fourth-order valence-corrected chi connectivity index (χ4v) is 1.56. The first-order chi connectivity index (χ1) is 9.65. The third-order valence-electron chi connectivity index (χ3n) is 2.41. The molecule has 0 amide bonds. The fraction of sp³-hybridized carbons (Fsp3) is 0.333. The van der Waals surface area contributed by atoms with Gasteiger partial charge in [-0.3, -0.25) is 0 Å². The molecule has 5 heteroatoms. The van der Waals surface area contributed by atoms with Gasteiger partial charge in [-0.2, -0.15) is 5.26 Å². The van der Waals surface area contributed by atoms with Crippen molar-refractivity contribution in [3.8, 4) is 17.6 Å². The second-order valence-electron chi connectivity index (χ2n) is 3.73. The first-order valence-corrected chi connectivity index (χ1v) is 6.26. The molecule has 0 aromatic heterocycles. The third-order valence-corrected chi connectivity index (χ3v) is 2.41. The monoisotopic (exact) mass is 275 g/mol. The molecule has 0 atom stereocenters. The van der Waals surface area contributed by atoms with E-state index in [2.05, 4.69) is 0 Å². The van der Waals surface area contributed by atoms with Gasteiger partial charge in [0.05, 0.1) is 20.3 Å². The summed E-state index contributed by atoms with van der Waals surface area (Å²) >= 11 is 0. The summed E-state index contributed by atoms with van der Waals surface area (Å²) in [6.45, 7) is 4.32. The highest BCUT2D eigenvalue weighted by atomic mass is 16.5. The van der Waals surface area contributed by atoms with Crippen molar-refractivity contribution in [1.29, 1.82) is 5.26 Å². The number of ether oxygens (including phenoxy) is 3. The summed E-state index contributed by atoms with van der Waals surface area (Å²) < 4.78 is 15.4. The first kappa shape index (κ1) is 15.6. The highest BCUT2D eigenvalue weighted by molar-refractivity contribution is 5.97. The molecule has 0 N–H and O–H groups in total. The summed E-state index contributed by atoms with van der Waals surface area (Å²) in [5, 5.41) is 8.97. The summed E-state index contributed by atoms with van der Waals surface area (Å²) in [5.74, 6) is 0.520. The Morgan fingerprint density at radius 3 is 2.60 bits per heavy atom. The topological polar surface area (TPSA) is 68.6 Å². The van der Waals surface area contributed by atoms with E-state index in [1.54, 1.807) is 25.1 Å². The Morgan fingerprint density at radius 1 is 1.30 bits per heavy atom. The molecule has 1 aromatic carbocycles.